The average molecular weight is 229 g/mol. The van der Waals surface area contributed by atoms with Gasteiger partial charge in [0, 0.05) is 24.5 Å². The van der Waals surface area contributed by atoms with Crippen LogP contribution in [0.2, 0.25) is 0 Å². The molecule has 1 heterocycles. The molecule has 1 aromatic heterocycles. The topological polar surface area (TPSA) is 57.8 Å². The molecule has 0 saturated heterocycles. The molecule has 1 amide bonds. The van der Waals surface area contributed by atoms with E-state index in [0.29, 0.717) is 6.54 Å². The number of amides is 1. The van der Waals surface area contributed by atoms with Gasteiger partial charge in [-0.1, -0.05) is 24.3 Å². The van der Waals surface area contributed by atoms with Gasteiger partial charge in [-0.05, 0) is 18.6 Å². The summed E-state index contributed by atoms with van der Waals surface area (Å²) >= 11 is 0. The van der Waals surface area contributed by atoms with E-state index in [1.165, 1.54) is 6.92 Å². The van der Waals surface area contributed by atoms with E-state index < -0.39 is 0 Å². The Morgan fingerprint density at radius 2 is 2.35 bits per heavy atom. The molecule has 0 radical (unpaired) electrons. The molecule has 4 heteroatoms. The number of hydrogen-bond donors (Lipinski definition) is 2. The summed E-state index contributed by atoms with van der Waals surface area (Å²) in [5.74, 6) is -0.0203. The summed E-state index contributed by atoms with van der Waals surface area (Å²) in [7, 11) is 0. The minimum Gasteiger partial charge on any atom is -0.353 e. The number of aromatic amines is 1. The second-order valence-electron chi connectivity index (χ2n) is 3.96. The van der Waals surface area contributed by atoms with Gasteiger partial charge in [-0.25, -0.2) is 0 Å². The quantitative estimate of drug-likeness (QED) is 0.846. The summed E-state index contributed by atoms with van der Waals surface area (Å²) in [5, 5.41) is 11.0. The Kier molecular flexibility index (Phi) is 3.23. The summed E-state index contributed by atoms with van der Waals surface area (Å²) in [6.45, 7) is 4.06. The Balaban J connectivity index is 2.11. The number of fused-ring (bicyclic) bond motifs is 1. The van der Waals surface area contributed by atoms with Gasteiger partial charge in [0.25, 0.3) is 0 Å². The van der Waals surface area contributed by atoms with Crippen LogP contribution in [0.3, 0.4) is 0 Å². The number of carbonyl (C=O) groups excluding carboxylic acids is 1. The van der Waals surface area contributed by atoms with E-state index in [4.69, 9.17) is 0 Å². The minimum absolute atomic E-state index is 0.0203. The summed E-state index contributed by atoms with van der Waals surface area (Å²) in [4.78, 5) is 10.7. The standard InChI is InChI=1S/C13H15N3O/c1-9-12-6-5-11(8-13(12)16-15-9)4-3-7-14-10(2)17/h3-6,8H,7H2,1-2H3,(H,14,17)(H,15,16). The van der Waals surface area contributed by atoms with Crippen LogP contribution in [0.25, 0.3) is 17.0 Å². The first-order valence-electron chi connectivity index (χ1n) is 5.52. The first kappa shape index (κ1) is 11.4. The van der Waals surface area contributed by atoms with E-state index in [1.54, 1.807) is 0 Å². The maximum atomic E-state index is 10.7. The summed E-state index contributed by atoms with van der Waals surface area (Å²) in [6.07, 6.45) is 3.89. The Hall–Kier alpha value is -2.10. The van der Waals surface area contributed by atoms with E-state index in [2.05, 4.69) is 15.5 Å². The molecule has 2 aromatic rings. The number of rotatable bonds is 3. The monoisotopic (exact) mass is 229 g/mol. The van der Waals surface area contributed by atoms with E-state index in [0.717, 1.165) is 22.2 Å². The third kappa shape index (κ3) is 2.72. The molecule has 17 heavy (non-hydrogen) atoms. The molecule has 0 unspecified atom stereocenters. The summed E-state index contributed by atoms with van der Waals surface area (Å²) in [5.41, 5.74) is 3.12. The SMILES string of the molecule is CC(=O)NCC=Cc1ccc2c(C)[nH]nc2c1. The van der Waals surface area contributed by atoms with Crippen molar-refractivity contribution in [1.29, 1.82) is 0 Å². The molecule has 2 rings (SSSR count). The van der Waals surface area contributed by atoms with Crippen LogP contribution in [0.4, 0.5) is 0 Å². The zero-order valence-corrected chi connectivity index (χ0v) is 9.95. The van der Waals surface area contributed by atoms with Gasteiger partial charge in [0.1, 0.15) is 0 Å². The first-order chi connectivity index (χ1) is 8.16. The van der Waals surface area contributed by atoms with Gasteiger partial charge in [-0.15, -0.1) is 0 Å². The molecule has 0 aliphatic heterocycles. The highest BCUT2D eigenvalue weighted by atomic mass is 16.1. The highest BCUT2D eigenvalue weighted by Crippen LogP contribution is 2.17. The highest BCUT2D eigenvalue weighted by molar-refractivity contribution is 5.83. The van der Waals surface area contributed by atoms with Gasteiger partial charge in [0.15, 0.2) is 0 Å². The lowest BCUT2D eigenvalue weighted by atomic mass is 10.1. The van der Waals surface area contributed by atoms with Crippen molar-refractivity contribution in [2.24, 2.45) is 0 Å². The third-order valence-corrected chi connectivity index (χ3v) is 2.55. The van der Waals surface area contributed by atoms with Gasteiger partial charge < -0.3 is 5.32 Å². The van der Waals surface area contributed by atoms with Gasteiger partial charge in [-0.2, -0.15) is 5.10 Å². The molecular weight excluding hydrogens is 214 g/mol. The van der Waals surface area contributed by atoms with Crippen LogP contribution >= 0.6 is 0 Å². The second-order valence-corrected chi connectivity index (χ2v) is 3.96. The maximum absolute atomic E-state index is 10.7. The third-order valence-electron chi connectivity index (χ3n) is 2.55. The molecule has 0 saturated carbocycles. The number of aryl methyl sites for hydroxylation is 1. The Morgan fingerprint density at radius 3 is 3.12 bits per heavy atom. The molecule has 0 bridgehead atoms. The van der Waals surface area contributed by atoms with E-state index >= 15 is 0 Å². The van der Waals surface area contributed by atoms with Gasteiger partial charge in [-0.3, -0.25) is 9.89 Å². The molecular formula is C13H15N3O. The van der Waals surface area contributed by atoms with Crippen molar-refractivity contribution in [3.05, 3.63) is 35.5 Å². The lowest BCUT2D eigenvalue weighted by molar-refractivity contribution is -0.118. The minimum atomic E-state index is -0.0203. The molecule has 0 aliphatic carbocycles. The summed E-state index contributed by atoms with van der Waals surface area (Å²) in [6, 6.07) is 6.10. The fourth-order valence-electron chi connectivity index (χ4n) is 1.66. The average Bonchev–Trinajstić information content (AvgIpc) is 2.66. The fraction of sp³-hybridized carbons (Fsp3) is 0.231. The molecule has 0 fully saturated rings. The molecule has 2 N–H and O–H groups in total. The predicted molar refractivity (Wildman–Crippen MR) is 68.5 cm³/mol. The van der Waals surface area contributed by atoms with Crippen molar-refractivity contribution in [3.8, 4) is 0 Å². The van der Waals surface area contributed by atoms with Crippen molar-refractivity contribution < 1.29 is 4.79 Å². The number of benzene rings is 1. The zero-order chi connectivity index (χ0) is 12.3. The van der Waals surface area contributed by atoms with Crippen molar-refractivity contribution >= 4 is 22.9 Å². The van der Waals surface area contributed by atoms with Crippen LogP contribution < -0.4 is 5.32 Å². The van der Waals surface area contributed by atoms with Crippen LogP contribution in [0, 0.1) is 6.92 Å². The molecule has 4 nitrogen and oxygen atoms in total. The van der Waals surface area contributed by atoms with Gasteiger partial charge in [0.2, 0.25) is 5.91 Å². The van der Waals surface area contributed by atoms with E-state index in [9.17, 15) is 4.79 Å². The first-order valence-corrected chi connectivity index (χ1v) is 5.52. The van der Waals surface area contributed by atoms with E-state index in [-0.39, 0.29) is 5.91 Å². The lowest BCUT2D eigenvalue weighted by Crippen LogP contribution is -2.19. The van der Waals surface area contributed by atoms with Crippen LogP contribution in [-0.2, 0) is 4.79 Å². The van der Waals surface area contributed by atoms with Crippen LogP contribution in [0.15, 0.2) is 24.3 Å². The van der Waals surface area contributed by atoms with Gasteiger partial charge in [0.05, 0.1) is 5.52 Å². The van der Waals surface area contributed by atoms with Crippen molar-refractivity contribution in [2.45, 2.75) is 13.8 Å². The number of carbonyl (C=O) groups is 1. The normalized spacial score (nSPS) is 11.2. The highest BCUT2D eigenvalue weighted by Gasteiger charge is 2.00. The van der Waals surface area contributed by atoms with Gasteiger partial charge >= 0.3 is 0 Å². The summed E-state index contributed by atoms with van der Waals surface area (Å²) < 4.78 is 0. The molecule has 0 aliphatic rings. The van der Waals surface area contributed by atoms with Crippen molar-refractivity contribution in [2.75, 3.05) is 6.54 Å². The maximum Gasteiger partial charge on any atom is 0.217 e. The van der Waals surface area contributed by atoms with Crippen LogP contribution in [0.1, 0.15) is 18.2 Å². The smallest absolute Gasteiger partial charge is 0.217 e. The number of nitrogens with zero attached hydrogens (tertiary/aromatic N) is 1. The van der Waals surface area contributed by atoms with Crippen LogP contribution in [0.5, 0.6) is 0 Å². The Bertz CT molecular complexity index is 569. The molecule has 0 atom stereocenters. The predicted octanol–water partition coefficient (Wildman–Crippen LogP) is 2.02. The van der Waals surface area contributed by atoms with Crippen molar-refractivity contribution in [3.63, 3.8) is 0 Å². The molecule has 1 aromatic carbocycles. The molecule has 0 spiro atoms. The Labute approximate surface area is 99.7 Å². The fourth-order valence-corrected chi connectivity index (χ4v) is 1.66. The number of H-pyrrole nitrogens is 1. The van der Waals surface area contributed by atoms with Crippen LogP contribution in [-0.4, -0.2) is 22.6 Å². The lowest BCUT2D eigenvalue weighted by Gasteiger charge is -1.96. The second kappa shape index (κ2) is 4.82. The number of nitrogens with one attached hydrogen (secondary N) is 2. The number of aromatic nitrogens is 2. The largest absolute Gasteiger partial charge is 0.353 e. The number of hydrogen-bond acceptors (Lipinski definition) is 2. The molecule has 88 valence electrons. The zero-order valence-electron chi connectivity index (χ0n) is 9.95. The van der Waals surface area contributed by atoms with Crippen molar-refractivity contribution in [1.82, 2.24) is 15.5 Å². The van der Waals surface area contributed by atoms with E-state index in [1.807, 2.05) is 37.3 Å². The Morgan fingerprint density at radius 1 is 1.53 bits per heavy atom.